The van der Waals surface area contributed by atoms with Crippen molar-refractivity contribution in [3.63, 3.8) is 0 Å². The highest BCUT2D eigenvalue weighted by molar-refractivity contribution is 6.03. The largest absolute Gasteiger partial charge is 0.497 e. The minimum Gasteiger partial charge on any atom is -0.497 e. The number of piperazine rings is 1. The summed E-state index contributed by atoms with van der Waals surface area (Å²) < 4.78 is 5.08. The summed E-state index contributed by atoms with van der Waals surface area (Å²) in [5.74, 6) is 0.0358. The van der Waals surface area contributed by atoms with E-state index in [4.69, 9.17) is 4.74 Å². The normalized spacial score (nSPS) is 13.8. The summed E-state index contributed by atoms with van der Waals surface area (Å²) in [6.45, 7) is 1.88. The lowest BCUT2D eigenvalue weighted by Crippen LogP contribution is -2.48. The molecular weight excluding hydrogens is 348 g/mol. The summed E-state index contributed by atoms with van der Waals surface area (Å²) in [5.41, 5.74) is 0.962. The summed E-state index contributed by atoms with van der Waals surface area (Å²) in [6, 6.07) is 11.7. The van der Waals surface area contributed by atoms with Crippen LogP contribution in [0.1, 0.15) is 21.0 Å². The molecule has 140 valence electrons. The lowest BCUT2D eigenvalue weighted by Gasteiger charge is -2.32. The second-order valence-electron chi connectivity index (χ2n) is 6.02. The van der Waals surface area contributed by atoms with Crippen LogP contribution in [-0.2, 0) is 4.79 Å². The molecule has 1 saturated heterocycles. The Morgan fingerprint density at radius 1 is 1.04 bits per heavy atom. The number of hydrogen-bond donors (Lipinski definition) is 1. The monoisotopic (exact) mass is 368 g/mol. The molecule has 0 unspecified atom stereocenters. The Balaban J connectivity index is 1.68. The van der Waals surface area contributed by atoms with Gasteiger partial charge in [0, 0.05) is 31.9 Å². The second-order valence-corrected chi connectivity index (χ2v) is 6.02. The topological polar surface area (TPSA) is 91.8 Å². The summed E-state index contributed by atoms with van der Waals surface area (Å²) >= 11 is 0. The third kappa shape index (κ3) is 4.41. The number of aromatic nitrogens is 1. The number of anilines is 1. The van der Waals surface area contributed by atoms with Crippen LogP contribution in [0.4, 0.5) is 5.69 Å². The highest BCUT2D eigenvalue weighted by atomic mass is 16.5. The van der Waals surface area contributed by atoms with Crippen molar-refractivity contribution in [2.75, 3.05) is 38.6 Å². The van der Waals surface area contributed by atoms with Crippen molar-refractivity contribution in [2.45, 2.75) is 0 Å². The standard InChI is InChI=1S/C19H20N4O4/c1-27-15-7-5-14(6-8-15)20-18(25)16-3-2-4-17(21-16)19(26)23-11-9-22(13-24)10-12-23/h2-8,13H,9-12H2,1H3,(H,20,25). The van der Waals surface area contributed by atoms with Gasteiger partial charge in [-0.05, 0) is 36.4 Å². The summed E-state index contributed by atoms with van der Waals surface area (Å²) in [4.78, 5) is 43.3. The molecule has 27 heavy (non-hydrogen) atoms. The Labute approximate surface area is 156 Å². The number of amides is 3. The van der Waals surface area contributed by atoms with E-state index in [0.29, 0.717) is 37.6 Å². The van der Waals surface area contributed by atoms with Crippen molar-refractivity contribution >= 4 is 23.9 Å². The van der Waals surface area contributed by atoms with Crippen LogP contribution in [0.15, 0.2) is 42.5 Å². The fourth-order valence-corrected chi connectivity index (χ4v) is 2.74. The zero-order valence-electron chi connectivity index (χ0n) is 14.9. The van der Waals surface area contributed by atoms with E-state index in [9.17, 15) is 14.4 Å². The minimum absolute atomic E-state index is 0.156. The molecule has 1 fully saturated rings. The van der Waals surface area contributed by atoms with Gasteiger partial charge in [-0.15, -0.1) is 0 Å². The van der Waals surface area contributed by atoms with E-state index in [1.54, 1.807) is 59.4 Å². The molecule has 2 heterocycles. The molecule has 1 aromatic heterocycles. The number of benzene rings is 1. The average molecular weight is 368 g/mol. The molecule has 0 radical (unpaired) electrons. The van der Waals surface area contributed by atoms with E-state index in [0.717, 1.165) is 6.41 Å². The van der Waals surface area contributed by atoms with Crippen molar-refractivity contribution in [1.82, 2.24) is 14.8 Å². The van der Waals surface area contributed by atoms with Crippen LogP contribution in [0.2, 0.25) is 0 Å². The Bertz CT molecular complexity index is 830. The zero-order valence-corrected chi connectivity index (χ0v) is 14.9. The fraction of sp³-hybridized carbons (Fsp3) is 0.263. The van der Waals surface area contributed by atoms with Crippen molar-refractivity contribution < 1.29 is 19.1 Å². The average Bonchev–Trinajstić information content (AvgIpc) is 2.74. The number of hydrogen-bond acceptors (Lipinski definition) is 5. The SMILES string of the molecule is COc1ccc(NC(=O)c2cccc(C(=O)N3CCN(C=O)CC3)n2)cc1. The zero-order chi connectivity index (χ0) is 19.2. The molecule has 2 aromatic rings. The summed E-state index contributed by atoms with van der Waals surface area (Å²) in [6.07, 6.45) is 0.782. The maximum absolute atomic E-state index is 12.6. The number of ether oxygens (including phenoxy) is 1. The minimum atomic E-state index is -0.402. The first-order valence-electron chi connectivity index (χ1n) is 8.52. The lowest BCUT2D eigenvalue weighted by atomic mass is 10.2. The van der Waals surface area contributed by atoms with Gasteiger partial charge in [-0.3, -0.25) is 14.4 Å². The number of rotatable bonds is 5. The molecular formula is C19H20N4O4. The smallest absolute Gasteiger partial charge is 0.274 e. The number of nitrogens with zero attached hydrogens (tertiary/aromatic N) is 3. The van der Waals surface area contributed by atoms with Gasteiger partial charge in [-0.2, -0.15) is 0 Å². The third-order valence-electron chi connectivity index (χ3n) is 4.30. The molecule has 0 spiro atoms. The molecule has 1 aromatic carbocycles. The molecule has 0 aliphatic carbocycles. The van der Waals surface area contributed by atoms with E-state index in [1.807, 2.05) is 0 Å². The third-order valence-corrected chi connectivity index (χ3v) is 4.30. The summed E-state index contributed by atoms with van der Waals surface area (Å²) in [5, 5.41) is 2.74. The van der Waals surface area contributed by atoms with E-state index in [-0.39, 0.29) is 17.3 Å². The van der Waals surface area contributed by atoms with Gasteiger partial charge in [0.1, 0.15) is 17.1 Å². The van der Waals surface area contributed by atoms with Crippen LogP contribution >= 0.6 is 0 Å². The molecule has 8 heteroatoms. The van der Waals surface area contributed by atoms with Gasteiger partial charge in [0.05, 0.1) is 7.11 Å². The molecule has 0 saturated carbocycles. The van der Waals surface area contributed by atoms with Crippen molar-refractivity contribution in [3.8, 4) is 5.75 Å². The number of pyridine rings is 1. The number of carbonyl (C=O) groups excluding carboxylic acids is 3. The van der Waals surface area contributed by atoms with Gasteiger partial charge < -0.3 is 19.9 Å². The van der Waals surface area contributed by atoms with Crippen LogP contribution in [0.25, 0.3) is 0 Å². The molecule has 0 bridgehead atoms. The number of carbonyl (C=O) groups is 3. The highest BCUT2D eigenvalue weighted by Crippen LogP contribution is 2.16. The Hall–Kier alpha value is -3.42. The van der Waals surface area contributed by atoms with E-state index < -0.39 is 5.91 Å². The quantitative estimate of drug-likeness (QED) is 0.802. The lowest BCUT2D eigenvalue weighted by molar-refractivity contribution is -0.119. The number of nitrogens with one attached hydrogen (secondary N) is 1. The van der Waals surface area contributed by atoms with Crippen molar-refractivity contribution in [3.05, 3.63) is 53.9 Å². The Kier molecular flexibility index (Phi) is 5.65. The van der Waals surface area contributed by atoms with Crippen LogP contribution in [0.3, 0.4) is 0 Å². The van der Waals surface area contributed by atoms with Gasteiger partial charge >= 0.3 is 0 Å². The Morgan fingerprint density at radius 3 is 2.33 bits per heavy atom. The highest BCUT2D eigenvalue weighted by Gasteiger charge is 2.23. The van der Waals surface area contributed by atoms with Gasteiger partial charge in [0.15, 0.2) is 0 Å². The van der Waals surface area contributed by atoms with E-state index in [1.165, 1.54) is 0 Å². The first-order valence-corrected chi connectivity index (χ1v) is 8.52. The second kappa shape index (κ2) is 8.31. The predicted octanol–water partition coefficient (Wildman–Crippen LogP) is 1.26. The van der Waals surface area contributed by atoms with Gasteiger partial charge in [-0.25, -0.2) is 4.98 Å². The molecule has 3 amide bonds. The maximum Gasteiger partial charge on any atom is 0.274 e. The first-order chi connectivity index (χ1) is 13.1. The van der Waals surface area contributed by atoms with Crippen LogP contribution in [0, 0.1) is 0 Å². The fourth-order valence-electron chi connectivity index (χ4n) is 2.74. The summed E-state index contributed by atoms with van der Waals surface area (Å²) in [7, 11) is 1.57. The van der Waals surface area contributed by atoms with E-state index in [2.05, 4.69) is 10.3 Å². The molecule has 1 N–H and O–H groups in total. The molecule has 1 aliphatic heterocycles. The predicted molar refractivity (Wildman–Crippen MR) is 98.7 cm³/mol. The molecule has 0 atom stereocenters. The van der Waals surface area contributed by atoms with Gasteiger partial charge in [0.2, 0.25) is 6.41 Å². The van der Waals surface area contributed by atoms with Crippen molar-refractivity contribution in [2.24, 2.45) is 0 Å². The van der Waals surface area contributed by atoms with Crippen LogP contribution < -0.4 is 10.1 Å². The van der Waals surface area contributed by atoms with Gasteiger partial charge in [-0.1, -0.05) is 6.07 Å². The van der Waals surface area contributed by atoms with Crippen LogP contribution in [-0.4, -0.2) is 66.3 Å². The Morgan fingerprint density at radius 2 is 1.70 bits per heavy atom. The first kappa shape index (κ1) is 18.4. The van der Waals surface area contributed by atoms with Crippen LogP contribution in [0.5, 0.6) is 5.75 Å². The maximum atomic E-state index is 12.6. The molecule has 8 nitrogen and oxygen atoms in total. The van der Waals surface area contributed by atoms with E-state index >= 15 is 0 Å². The molecule has 3 rings (SSSR count). The number of methoxy groups -OCH3 is 1. The van der Waals surface area contributed by atoms with Crippen molar-refractivity contribution in [1.29, 1.82) is 0 Å². The molecule has 1 aliphatic rings. The van der Waals surface area contributed by atoms with Gasteiger partial charge in [0.25, 0.3) is 11.8 Å².